The van der Waals surface area contributed by atoms with Gasteiger partial charge in [-0.05, 0) is 42.5 Å². The van der Waals surface area contributed by atoms with Crippen molar-refractivity contribution < 1.29 is 0 Å². The number of benzene rings is 1. The number of allylic oxidation sites excluding steroid dienone is 2. The van der Waals surface area contributed by atoms with Crippen molar-refractivity contribution in [1.82, 2.24) is 0 Å². The van der Waals surface area contributed by atoms with Crippen molar-refractivity contribution in [3.63, 3.8) is 0 Å². The van der Waals surface area contributed by atoms with Crippen molar-refractivity contribution in [2.24, 2.45) is 0 Å². The van der Waals surface area contributed by atoms with Crippen LogP contribution < -0.4 is 0 Å². The minimum Gasteiger partial charge on any atom is -0.0807 e. The van der Waals surface area contributed by atoms with Gasteiger partial charge in [0.2, 0.25) is 0 Å². The zero-order valence-electron chi connectivity index (χ0n) is 6.89. The van der Waals surface area contributed by atoms with Gasteiger partial charge in [0.1, 0.15) is 0 Å². The minimum atomic E-state index is 1.16. The van der Waals surface area contributed by atoms with Crippen LogP contribution in [-0.2, 0) is 0 Å². The summed E-state index contributed by atoms with van der Waals surface area (Å²) in [4.78, 5) is 0. The maximum absolute atomic E-state index is 3.43. The highest BCUT2D eigenvalue weighted by molar-refractivity contribution is 9.10. The van der Waals surface area contributed by atoms with Gasteiger partial charge < -0.3 is 0 Å². The van der Waals surface area contributed by atoms with Gasteiger partial charge in [-0.2, -0.15) is 0 Å². The molecule has 0 unspecified atom stereocenters. The van der Waals surface area contributed by atoms with Crippen LogP contribution in [0.15, 0.2) is 34.8 Å². The van der Waals surface area contributed by atoms with Crippen molar-refractivity contribution in [2.75, 3.05) is 0 Å². The molecule has 1 aliphatic carbocycles. The Bertz CT molecular complexity index is 295. The first-order valence-corrected chi connectivity index (χ1v) is 5.10. The Morgan fingerprint density at radius 1 is 1.08 bits per heavy atom. The first-order chi connectivity index (χ1) is 5.86. The largest absolute Gasteiger partial charge is 0.0807 e. The molecule has 1 aromatic carbocycles. The smallest absolute Gasteiger partial charge is 0.0175 e. The molecule has 1 heteroatoms. The Labute approximate surface area is 81.4 Å². The molecule has 0 nitrogen and oxygen atoms in total. The van der Waals surface area contributed by atoms with Crippen molar-refractivity contribution in [1.29, 1.82) is 0 Å². The summed E-state index contributed by atoms with van der Waals surface area (Å²) < 4.78 is 1.16. The number of halogens is 1. The highest BCUT2D eigenvalue weighted by Gasteiger charge is 2.05. The molecule has 0 fully saturated rings. The van der Waals surface area contributed by atoms with E-state index in [1.165, 1.54) is 30.4 Å². The van der Waals surface area contributed by atoms with E-state index < -0.39 is 0 Å². The maximum atomic E-state index is 3.43. The summed E-state index contributed by atoms with van der Waals surface area (Å²) in [5.74, 6) is 0. The summed E-state index contributed by atoms with van der Waals surface area (Å²) in [6.45, 7) is 0. The molecule has 62 valence electrons. The second-order valence-corrected chi connectivity index (χ2v) is 4.04. The van der Waals surface area contributed by atoms with Crippen LogP contribution in [0.25, 0.3) is 5.57 Å². The molecule has 0 saturated heterocycles. The lowest BCUT2D eigenvalue weighted by Gasteiger charge is -2.00. The van der Waals surface area contributed by atoms with Gasteiger partial charge in [0.15, 0.2) is 0 Å². The van der Waals surface area contributed by atoms with E-state index in [-0.39, 0.29) is 0 Å². The second kappa shape index (κ2) is 3.44. The van der Waals surface area contributed by atoms with E-state index in [0.717, 1.165) is 4.47 Å². The van der Waals surface area contributed by atoms with Gasteiger partial charge in [0, 0.05) is 4.47 Å². The third-order valence-corrected chi connectivity index (χ3v) is 2.78. The third-order valence-electron chi connectivity index (χ3n) is 2.26. The zero-order chi connectivity index (χ0) is 8.39. The van der Waals surface area contributed by atoms with E-state index in [2.05, 4.69) is 46.3 Å². The molecule has 0 heterocycles. The van der Waals surface area contributed by atoms with Gasteiger partial charge in [-0.1, -0.05) is 34.1 Å². The van der Waals surface area contributed by atoms with Gasteiger partial charge in [-0.25, -0.2) is 0 Å². The highest BCUT2D eigenvalue weighted by atomic mass is 79.9. The molecule has 0 radical (unpaired) electrons. The fourth-order valence-electron chi connectivity index (χ4n) is 1.60. The lowest BCUT2D eigenvalue weighted by Crippen LogP contribution is -1.78. The van der Waals surface area contributed by atoms with Crippen LogP contribution in [0.1, 0.15) is 24.8 Å². The number of hydrogen-bond acceptors (Lipinski definition) is 0. The average molecular weight is 223 g/mol. The van der Waals surface area contributed by atoms with Crippen LogP contribution in [0.2, 0.25) is 0 Å². The monoisotopic (exact) mass is 222 g/mol. The lowest BCUT2D eigenvalue weighted by molar-refractivity contribution is 0.935. The summed E-state index contributed by atoms with van der Waals surface area (Å²) in [5, 5.41) is 0. The van der Waals surface area contributed by atoms with E-state index in [0.29, 0.717) is 0 Å². The summed E-state index contributed by atoms with van der Waals surface area (Å²) in [6, 6.07) is 8.57. The average Bonchev–Trinajstić information content (AvgIpc) is 2.58. The standard InChI is InChI=1S/C11H11Br/c12-11-7-5-10(6-8-11)9-3-1-2-4-9/h3,5-8H,1-2,4H2. The van der Waals surface area contributed by atoms with Gasteiger partial charge in [-0.15, -0.1) is 0 Å². The van der Waals surface area contributed by atoms with Gasteiger partial charge >= 0.3 is 0 Å². The first-order valence-electron chi connectivity index (χ1n) is 4.31. The molecular weight excluding hydrogens is 212 g/mol. The molecule has 0 spiro atoms. The van der Waals surface area contributed by atoms with Crippen molar-refractivity contribution in [3.8, 4) is 0 Å². The predicted molar refractivity (Wildman–Crippen MR) is 56.0 cm³/mol. The zero-order valence-corrected chi connectivity index (χ0v) is 8.47. The Balaban J connectivity index is 2.28. The lowest BCUT2D eigenvalue weighted by atomic mass is 10.1. The fraction of sp³-hybridized carbons (Fsp3) is 0.273. The van der Waals surface area contributed by atoms with Crippen LogP contribution in [0.3, 0.4) is 0 Å². The van der Waals surface area contributed by atoms with E-state index in [1.807, 2.05) is 0 Å². The maximum Gasteiger partial charge on any atom is 0.0175 e. The number of rotatable bonds is 1. The molecule has 0 amide bonds. The van der Waals surface area contributed by atoms with Gasteiger partial charge in [-0.3, -0.25) is 0 Å². The topological polar surface area (TPSA) is 0 Å². The summed E-state index contributed by atoms with van der Waals surface area (Å²) in [5.41, 5.74) is 2.90. The van der Waals surface area contributed by atoms with Crippen LogP contribution in [0.4, 0.5) is 0 Å². The van der Waals surface area contributed by atoms with Crippen LogP contribution in [-0.4, -0.2) is 0 Å². The summed E-state index contributed by atoms with van der Waals surface area (Å²) in [7, 11) is 0. The van der Waals surface area contributed by atoms with Crippen molar-refractivity contribution in [3.05, 3.63) is 40.4 Å². The van der Waals surface area contributed by atoms with Crippen LogP contribution in [0.5, 0.6) is 0 Å². The Morgan fingerprint density at radius 3 is 2.42 bits per heavy atom. The molecule has 0 N–H and O–H groups in total. The third kappa shape index (κ3) is 1.61. The normalized spacial score (nSPS) is 16.2. The number of hydrogen-bond donors (Lipinski definition) is 0. The molecule has 0 saturated carbocycles. The molecular formula is C11H11Br. The molecule has 0 aliphatic heterocycles. The molecule has 1 aromatic rings. The van der Waals surface area contributed by atoms with Crippen LogP contribution >= 0.6 is 15.9 Å². The van der Waals surface area contributed by atoms with Crippen molar-refractivity contribution >= 4 is 21.5 Å². The molecule has 1 aliphatic rings. The molecule has 0 bridgehead atoms. The quantitative estimate of drug-likeness (QED) is 0.674. The summed E-state index contributed by atoms with van der Waals surface area (Å²) >= 11 is 3.43. The first kappa shape index (κ1) is 8.06. The SMILES string of the molecule is Brc1ccc(C2=CCCC2)cc1. The Kier molecular flexibility index (Phi) is 2.31. The fourth-order valence-corrected chi connectivity index (χ4v) is 1.86. The molecule has 12 heavy (non-hydrogen) atoms. The Hall–Kier alpha value is -0.560. The van der Waals surface area contributed by atoms with Crippen LogP contribution in [0, 0.1) is 0 Å². The summed E-state index contributed by atoms with van der Waals surface area (Å²) in [6.07, 6.45) is 6.18. The van der Waals surface area contributed by atoms with E-state index >= 15 is 0 Å². The second-order valence-electron chi connectivity index (χ2n) is 3.13. The predicted octanol–water partition coefficient (Wildman–Crippen LogP) is 4.02. The van der Waals surface area contributed by atoms with E-state index in [1.54, 1.807) is 0 Å². The highest BCUT2D eigenvalue weighted by Crippen LogP contribution is 2.28. The van der Waals surface area contributed by atoms with E-state index in [9.17, 15) is 0 Å². The molecule has 2 rings (SSSR count). The molecule has 0 aromatic heterocycles. The van der Waals surface area contributed by atoms with Gasteiger partial charge in [0.25, 0.3) is 0 Å². The minimum absolute atomic E-state index is 1.16. The van der Waals surface area contributed by atoms with Crippen molar-refractivity contribution in [2.45, 2.75) is 19.3 Å². The molecule has 0 atom stereocenters. The van der Waals surface area contributed by atoms with E-state index in [4.69, 9.17) is 0 Å². The van der Waals surface area contributed by atoms with Gasteiger partial charge in [0.05, 0.1) is 0 Å². The Morgan fingerprint density at radius 2 is 1.83 bits per heavy atom.